The van der Waals surface area contributed by atoms with E-state index in [2.05, 4.69) is 5.32 Å². The van der Waals surface area contributed by atoms with E-state index in [4.69, 9.17) is 8.92 Å². The Hall–Kier alpha value is -2.99. The Morgan fingerprint density at radius 1 is 1.10 bits per heavy atom. The van der Waals surface area contributed by atoms with Crippen molar-refractivity contribution in [1.82, 2.24) is 10.2 Å². The highest BCUT2D eigenvalue weighted by atomic mass is 32.2. The van der Waals surface area contributed by atoms with Crippen molar-refractivity contribution in [1.29, 1.82) is 0 Å². The number of carbonyl (C=O) groups excluding carboxylic acids is 1. The number of carbonyl (C=O) groups is 1. The molecule has 2 amide bonds. The molecule has 0 bridgehead atoms. The van der Waals surface area contributed by atoms with Gasteiger partial charge in [0, 0.05) is 49.1 Å². The molecule has 40 heavy (non-hydrogen) atoms. The second-order valence-corrected chi connectivity index (χ2v) is 12.3. The molecular formula is C28H38F3N3O5S. The number of halogens is 3. The van der Waals surface area contributed by atoms with Gasteiger partial charge < -0.3 is 24.0 Å². The van der Waals surface area contributed by atoms with Crippen LogP contribution in [0.15, 0.2) is 47.4 Å². The van der Waals surface area contributed by atoms with Crippen LogP contribution in [-0.4, -0.2) is 57.2 Å². The van der Waals surface area contributed by atoms with Crippen molar-refractivity contribution in [2.75, 3.05) is 31.1 Å². The predicted molar refractivity (Wildman–Crippen MR) is 147 cm³/mol. The molecule has 8 nitrogen and oxygen atoms in total. The van der Waals surface area contributed by atoms with Gasteiger partial charge in [0.1, 0.15) is 10.6 Å². The number of ether oxygens (including phenoxy) is 1. The molecule has 1 fully saturated rings. The van der Waals surface area contributed by atoms with E-state index in [9.17, 15) is 26.4 Å². The van der Waals surface area contributed by atoms with Crippen LogP contribution >= 0.6 is 0 Å². The Bertz CT molecular complexity index is 1270. The van der Waals surface area contributed by atoms with Crippen LogP contribution in [-0.2, 0) is 27.6 Å². The zero-order chi connectivity index (χ0) is 29.7. The van der Waals surface area contributed by atoms with E-state index in [0.29, 0.717) is 37.0 Å². The lowest BCUT2D eigenvalue weighted by Crippen LogP contribution is -2.50. The molecule has 2 aromatic rings. The lowest BCUT2D eigenvalue weighted by atomic mass is 10.1. The number of benzene rings is 2. The van der Waals surface area contributed by atoms with Gasteiger partial charge >= 0.3 is 22.3 Å². The maximum absolute atomic E-state index is 13.3. The molecule has 1 N–H and O–H groups in total. The number of hydrogen-bond acceptors (Lipinski definition) is 6. The standard InChI is InChI=1S/C28H38F3N3O5S/c1-6-33(7-2)22-14-13-20(18-34(19-23-11-9-15-38-23)26(35)32-27(3,4)5)25(17-22)39-40(36,37)24-12-8-10-21(16-24)28(29,30)31/h8,10,12-14,16-17,23H,6-7,9,11,15,18-19H2,1-5H3,(H,32,35). The first-order valence-electron chi connectivity index (χ1n) is 13.3. The normalized spacial score (nSPS) is 16.1. The molecule has 1 aliphatic heterocycles. The van der Waals surface area contributed by atoms with E-state index < -0.39 is 32.3 Å². The van der Waals surface area contributed by atoms with Crippen molar-refractivity contribution in [2.24, 2.45) is 0 Å². The van der Waals surface area contributed by atoms with Crippen molar-refractivity contribution in [3.05, 3.63) is 53.6 Å². The van der Waals surface area contributed by atoms with Gasteiger partial charge in [-0.3, -0.25) is 0 Å². The zero-order valence-corrected chi connectivity index (χ0v) is 24.4. The Morgan fingerprint density at radius 2 is 1.80 bits per heavy atom. The molecule has 1 saturated heterocycles. The van der Waals surface area contributed by atoms with Crippen molar-refractivity contribution in [2.45, 2.75) is 76.7 Å². The van der Waals surface area contributed by atoms with Crippen molar-refractivity contribution >= 4 is 21.8 Å². The average Bonchev–Trinajstić information content (AvgIpc) is 3.37. The third-order valence-corrected chi connectivity index (χ3v) is 7.64. The summed E-state index contributed by atoms with van der Waals surface area (Å²) in [7, 11) is -4.64. The summed E-state index contributed by atoms with van der Waals surface area (Å²) in [6.07, 6.45) is -3.23. The van der Waals surface area contributed by atoms with Crippen molar-refractivity contribution in [3.63, 3.8) is 0 Å². The quantitative estimate of drug-likeness (QED) is 0.354. The van der Waals surface area contributed by atoms with Crippen LogP contribution in [0.5, 0.6) is 5.75 Å². The summed E-state index contributed by atoms with van der Waals surface area (Å²) in [4.78, 5) is 16.1. The molecule has 0 aromatic heterocycles. The number of hydrogen-bond donors (Lipinski definition) is 1. The zero-order valence-electron chi connectivity index (χ0n) is 23.5. The van der Waals surface area contributed by atoms with E-state index in [1.54, 1.807) is 18.2 Å². The summed E-state index contributed by atoms with van der Waals surface area (Å²) in [5, 5.41) is 2.93. The SMILES string of the molecule is CCN(CC)c1ccc(CN(CC2CCCO2)C(=O)NC(C)(C)C)c(OS(=O)(=O)c2cccc(C(F)(F)F)c2)c1. The number of alkyl halides is 3. The van der Waals surface area contributed by atoms with Gasteiger partial charge in [0.25, 0.3) is 0 Å². The molecule has 222 valence electrons. The monoisotopic (exact) mass is 585 g/mol. The highest BCUT2D eigenvalue weighted by molar-refractivity contribution is 7.87. The van der Waals surface area contributed by atoms with Gasteiger partial charge in [0.15, 0.2) is 0 Å². The third kappa shape index (κ3) is 8.50. The number of amides is 2. The number of rotatable bonds is 10. The maximum Gasteiger partial charge on any atom is 0.416 e. The van der Waals surface area contributed by atoms with Gasteiger partial charge in [-0.25, -0.2) is 4.79 Å². The summed E-state index contributed by atoms with van der Waals surface area (Å²) in [5.74, 6) is -0.0669. The molecule has 12 heteroatoms. The number of nitrogens with zero attached hydrogens (tertiary/aromatic N) is 2. The highest BCUT2D eigenvalue weighted by Gasteiger charge is 2.33. The first-order valence-corrected chi connectivity index (χ1v) is 14.7. The topological polar surface area (TPSA) is 88.2 Å². The third-order valence-electron chi connectivity index (χ3n) is 6.41. The van der Waals surface area contributed by atoms with Gasteiger partial charge in [-0.15, -0.1) is 0 Å². The van der Waals surface area contributed by atoms with Crippen LogP contribution < -0.4 is 14.4 Å². The van der Waals surface area contributed by atoms with Gasteiger partial charge in [-0.05, 0) is 71.7 Å². The second kappa shape index (κ2) is 12.7. The molecule has 0 spiro atoms. The second-order valence-electron chi connectivity index (χ2n) is 10.7. The van der Waals surface area contributed by atoms with E-state index in [1.165, 1.54) is 4.90 Å². The Kier molecular flexibility index (Phi) is 9.99. The molecule has 0 radical (unpaired) electrons. The minimum Gasteiger partial charge on any atom is -0.379 e. The molecule has 1 atom stereocenters. The Labute approximate surface area is 234 Å². The van der Waals surface area contributed by atoms with E-state index in [-0.39, 0.29) is 31.0 Å². The van der Waals surface area contributed by atoms with Crippen LogP contribution in [0, 0.1) is 0 Å². The molecule has 1 unspecified atom stereocenters. The molecule has 1 aliphatic rings. The maximum atomic E-state index is 13.3. The van der Waals surface area contributed by atoms with E-state index in [1.807, 2.05) is 39.5 Å². The van der Waals surface area contributed by atoms with Gasteiger partial charge in [-0.1, -0.05) is 12.1 Å². The van der Waals surface area contributed by atoms with Crippen LogP contribution in [0.25, 0.3) is 0 Å². The summed E-state index contributed by atoms with van der Waals surface area (Å²) >= 11 is 0. The van der Waals surface area contributed by atoms with E-state index >= 15 is 0 Å². The minimum atomic E-state index is -4.72. The van der Waals surface area contributed by atoms with Crippen molar-refractivity contribution in [3.8, 4) is 5.75 Å². The summed E-state index contributed by atoms with van der Waals surface area (Å²) < 4.78 is 77.5. The fraction of sp³-hybridized carbons (Fsp3) is 0.536. The Balaban J connectivity index is 2.02. The Morgan fingerprint density at radius 3 is 2.38 bits per heavy atom. The van der Waals surface area contributed by atoms with E-state index in [0.717, 1.165) is 31.0 Å². The molecule has 0 aliphatic carbocycles. The number of urea groups is 1. The van der Waals surface area contributed by atoms with Crippen LogP contribution in [0.4, 0.5) is 23.7 Å². The molecule has 2 aromatic carbocycles. The highest BCUT2D eigenvalue weighted by Crippen LogP contribution is 2.33. The molecule has 1 heterocycles. The van der Waals surface area contributed by atoms with Crippen LogP contribution in [0.3, 0.4) is 0 Å². The first kappa shape index (κ1) is 31.5. The minimum absolute atomic E-state index is 0.00620. The van der Waals surface area contributed by atoms with Gasteiger partial charge in [0.2, 0.25) is 0 Å². The molecule has 0 saturated carbocycles. The van der Waals surface area contributed by atoms with Crippen molar-refractivity contribution < 1.29 is 35.3 Å². The summed E-state index contributed by atoms with van der Waals surface area (Å²) in [6, 6.07) is 8.08. The smallest absolute Gasteiger partial charge is 0.379 e. The largest absolute Gasteiger partial charge is 0.416 e. The van der Waals surface area contributed by atoms with Gasteiger partial charge in [-0.2, -0.15) is 21.6 Å². The van der Waals surface area contributed by atoms with Crippen LogP contribution in [0.1, 0.15) is 58.6 Å². The lowest BCUT2D eigenvalue weighted by molar-refractivity contribution is -0.137. The fourth-order valence-corrected chi connectivity index (χ4v) is 5.39. The molecule has 3 rings (SSSR count). The fourth-order valence-electron chi connectivity index (χ4n) is 4.39. The number of anilines is 1. The average molecular weight is 586 g/mol. The predicted octanol–water partition coefficient (Wildman–Crippen LogP) is 5.81. The van der Waals surface area contributed by atoms with Crippen LogP contribution in [0.2, 0.25) is 0 Å². The lowest BCUT2D eigenvalue weighted by Gasteiger charge is -2.31. The summed E-state index contributed by atoms with van der Waals surface area (Å²) in [5.41, 5.74) is -0.567. The number of nitrogens with one attached hydrogen (secondary N) is 1. The molecular weight excluding hydrogens is 547 g/mol. The first-order chi connectivity index (χ1) is 18.6. The van der Waals surface area contributed by atoms with Gasteiger partial charge in [0.05, 0.1) is 18.2 Å². The summed E-state index contributed by atoms with van der Waals surface area (Å²) in [6.45, 7) is 11.6.